The number of carbonyl (C=O) groups is 1. The number of amides is 1. The number of hydrogen-bond acceptors (Lipinski definition) is 4. The second kappa shape index (κ2) is 6.89. The molecule has 0 radical (unpaired) electrons. The Kier molecular flexibility index (Phi) is 4.80. The first-order valence-corrected chi connectivity index (χ1v) is 8.06. The van der Waals surface area contributed by atoms with Crippen molar-refractivity contribution in [3.63, 3.8) is 0 Å². The van der Waals surface area contributed by atoms with Crippen LogP contribution in [0.4, 0.5) is 18.9 Å². The highest BCUT2D eigenvalue weighted by molar-refractivity contribution is 5.92. The highest BCUT2D eigenvalue weighted by Gasteiger charge is 2.34. The van der Waals surface area contributed by atoms with Gasteiger partial charge in [0.1, 0.15) is 13.2 Å². The van der Waals surface area contributed by atoms with Crippen molar-refractivity contribution in [1.29, 1.82) is 0 Å². The van der Waals surface area contributed by atoms with Crippen molar-refractivity contribution in [2.24, 2.45) is 5.92 Å². The van der Waals surface area contributed by atoms with Gasteiger partial charge < -0.3 is 14.8 Å². The highest BCUT2D eigenvalue weighted by atomic mass is 19.4. The van der Waals surface area contributed by atoms with Gasteiger partial charge in [-0.15, -0.1) is 0 Å². The summed E-state index contributed by atoms with van der Waals surface area (Å²) < 4.78 is 50.2. The van der Waals surface area contributed by atoms with Gasteiger partial charge in [-0.1, -0.05) is 6.92 Å². The monoisotopic (exact) mass is 369 g/mol. The van der Waals surface area contributed by atoms with E-state index in [0.717, 1.165) is 6.07 Å². The summed E-state index contributed by atoms with van der Waals surface area (Å²) in [5, 5.41) is 6.27. The topological polar surface area (TPSA) is 65.4 Å². The summed E-state index contributed by atoms with van der Waals surface area (Å²) in [7, 11) is 0. The van der Waals surface area contributed by atoms with Gasteiger partial charge in [-0.2, -0.15) is 18.3 Å². The third-order valence-electron chi connectivity index (χ3n) is 3.98. The molecular weight excluding hydrogens is 351 g/mol. The van der Waals surface area contributed by atoms with Crippen LogP contribution in [0.1, 0.15) is 18.3 Å². The fraction of sp³-hybridized carbons (Fsp3) is 0.412. The fourth-order valence-electron chi connectivity index (χ4n) is 2.56. The van der Waals surface area contributed by atoms with Gasteiger partial charge in [-0.25, -0.2) is 0 Å². The predicted molar refractivity (Wildman–Crippen MR) is 87.2 cm³/mol. The molecule has 2 heterocycles. The van der Waals surface area contributed by atoms with Crippen LogP contribution in [0.5, 0.6) is 11.5 Å². The van der Waals surface area contributed by atoms with Crippen molar-refractivity contribution in [1.82, 2.24) is 9.78 Å². The maximum Gasteiger partial charge on any atom is 0.435 e. The van der Waals surface area contributed by atoms with Crippen LogP contribution in [0.15, 0.2) is 24.3 Å². The summed E-state index contributed by atoms with van der Waals surface area (Å²) >= 11 is 0. The summed E-state index contributed by atoms with van der Waals surface area (Å²) in [5.41, 5.74) is -0.0926. The van der Waals surface area contributed by atoms with Gasteiger partial charge in [0, 0.05) is 17.4 Å². The Labute approximate surface area is 147 Å². The van der Waals surface area contributed by atoms with E-state index in [1.54, 1.807) is 25.1 Å². The Morgan fingerprint density at radius 1 is 1.27 bits per heavy atom. The number of aromatic nitrogens is 2. The van der Waals surface area contributed by atoms with E-state index in [9.17, 15) is 18.0 Å². The number of aryl methyl sites for hydroxylation is 1. The molecule has 3 rings (SSSR count). The van der Waals surface area contributed by atoms with Gasteiger partial charge in [0.2, 0.25) is 5.91 Å². The zero-order valence-electron chi connectivity index (χ0n) is 14.3. The normalized spacial score (nSPS) is 14.8. The SMILES string of the molecule is Cc1cc(C(F)(F)F)nn1C[C@H](C)C(=O)Nc1ccc2c(c1)OCCO2. The van der Waals surface area contributed by atoms with Crippen molar-refractivity contribution in [3.05, 3.63) is 35.7 Å². The average Bonchev–Trinajstić information content (AvgIpc) is 2.96. The quantitative estimate of drug-likeness (QED) is 0.899. The molecule has 1 atom stereocenters. The Morgan fingerprint density at radius 2 is 1.96 bits per heavy atom. The molecule has 1 aromatic heterocycles. The van der Waals surface area contributed by atoms with Crippen LogP contribution in [0.3, 0.4) is 0 Å². The molecule has 140 valence electrons. The maximum atomic E-state index is 12.7. The number of hydrogen-bond donors (Lipinski definition) is 1. The average molecular weight is 369 g/mol. The van der Waals surface area contributed by atoms with Crippen LogP contribution in [0.25, 0.3) is 0 Å². The molecule has 1 aliphatic rings. The standard InChI is InChI=1S/C17H18F3N3O3/c1-10(9-23-11(2)7-15(22-23)17(18,19)20)16(24)21-12-3-4-13-14(8-12)26-6-5-25-13/h3-4,7-8,10H,5-6,9H2,1-2H3,(H,21,24)/t10-/m0/s1. The first-order chi connectivity index (χ1) is 12.2. The number of nitrogens with one attached hydrogen (secondary N) is 1. The largest absolute Gasteiger partial charge is 0.486 e. The molecule has 9 heteroatoms. The molecule has 6 nitrogen and oxygen atoms in total. The van der Waals surface area contributed by atoms with E-state index >= 15 is 0 Å². The smallest absolute Gasteiger partial charge is 0.435 e. The van der Waals surface area contributed by atoms with Gasteiger partial charge in [-0.05, 0) is 25.1 Å². The number of rotatable bonds is 4. The van der Waals surface area contributed by atoms with Crippen LogP contribution >= 0.6 is 0 Å². The molecule has 1 aromatic carbocycles. The summed E-state index contributed by atoms with van der Waals surface area (Å²) in [6, 6.07) is 5.99. The molecule has 0 saturated carbocycles. The fourth-order valence-corrected chi connectivity index (χ4v) is 2.56. The van der Waals surface area contributed by atoms with E-state index < -0.39 is 17.8 Å². The van der Waals surface area contributed by atoms with E-state index in [1.807, 2.05) is 0 Å². The number of halogens is 3. The molecule has 2 aromatic rings. The minimum atomic E-state index is -4.51. The molecular formula is C17H18F3N3O3. The number of nitrogens with zero attached hydrogens (tertiary/aromatic N) is 2. The van der Waals surface area contributed by atoms with Gasteiger partial charge in [0.15, 0.2) is 17.2 Å². The Hall–Kier alpha value is -2.71. The summed E-state index contributed by atoms with van der Waals surface area (Å²) in [6.45, 7) is 4.09. The van der Waals surface area contributed by atoms with Crippen molar-refractivity contribution in [3.8, 4) is 11.5 Å². The number of ether oxygens (including phenoxy) is 2. The van der Waals surface area contributed by atoms with Crippen LogP contribution in [0.2, 0.25) is 0 Å². The van der Waals surface area contributed by atoms with Gasteiger partial charge in [-0.3, -0.25) is 9.48 Å². The molecule has 1 aliphatic heterocycles. The third-order valence-corrected chi connectivity index (χ3v) is 3.98. The van der Waals surface area contributed by atoms with Gasteiger partial charge in [0.25, 0.3) is 0 Å². The number of alkyl halides is 3. The van der Waals surface area contributed by atoms with Gasteiger partial charge in [0.05, 0.1) is 12.5 Å². The second-order valence-corrected chi connectivity index (χ2v) is 6.10. The Morgan fingerprint density at radius 3 is 2.62 bits per heavy atom. The molecule has 26 heavy (non-hydrogen) atoms. The molecule has 0 unspecified atom stereocenters. The highest BCUT2D eigenvalue weighted by Crippen LogP contribution is 2.33. The molecule has 0 saturated heterocycles. The van der Waals surface area contributed by atoms with Crippen molar-refractivity contribution < 1.29 is 27.4 Å². The first kappa shape index (κ1) is 18.1. The predicted octanol–water partition coefficient (Wildman–Crippen LogP) is 3.26. The number of fused-ring (bicyclic) bond motifs is 1. The van der Waals surface area contributed by atoms with E-state index in [0.29, 0.717) is 36.1 Å². The lowest BCUT2D eigenvalue weighted by Crippen LogP contribution is -2.25. The molecule has 0 spiro atoms. The van der Waals surface area contributed by atoms with Gasteiger partial charge >= 0.3 is 6.18 Å². The van der Waals surface area contributed by atoms with Crippen LogP contribution in [0, 0.1) is 12.8 Å². The minimum Gasteiger partial charge on any atom is -0.486 e. The Balaban J connectivity index is 1.66. The van der Waals surface area contributed by atoms with E-state index in [4.69, 9.17) is 9.47 Å². The third kappa shape index (κ3) is 3.92. The number of carbonyl (C=O) groups excluding carboxylic acids is 1. The lowest BCUT2D eigenvalue weighted by atomic mass is 10.1. The summed E-state index contributed by atoms with van der Waals surface area (Å²) in [5.74, 6) is 0.238. The Bertz CT molecular complexity index is 817. The van der Waals surface area contributed by atoms with E-state index in [-0.39, 0.29) is 12.5 Å². The molecule has 0 fully saturated rings. The molecule has 1 amide bonds. The molecule has 0 bridgehead atoms. The molecule has 0 aliphatic carbocycles. The van der Waals surface area contributed by atoms with Crippen LogP contribution < -0.4 is 14.8 Å². The van der Waals surface area contributed by atoms with Crippen molar-refractivity contribution in [2.75, 3.05) is 18.5 Å². The number of anilines is 1. The van der Waals surface area contributed by atoms with Crippen LogP contribution in [-0.2, 0) is 17.5 Å². The summed E-state index contributed by atoms with van der Waals surface area (Å²) in [4.78, 5) is 12.4. The first-order valence-electron chi connectivity index (χ1n) is 8.06. The number of benzene rings is 1. The van der Waals surface area contributed by atoms with Crippen LogP contribution in [-0.4, -0.2) is 28.9 Å². The van der Waals surface area contributed by atoms with E-state index in [2.05, 4.69) is 10.4 Å². The second-order valence-electron chi connectivity index (χ2n) is 6.10. The van der Waals surface area contributed by atoms with Crippen molar-refractivity contribution >= 4 is 11.6 Å². The lowest BCUT2D eigenvalue weighted by molar-refractivity contribution is -0.141. The van der Waals surface area contributed by atoms with Crippen molar-refractivity contribution in [2.45, 2.75) is 26.6 Å². The van der Waals surface area contributed by atoms with E-state index in [1.165, 1.54) is 11.6 Å². The minimum absolute atomic E-state index is 0.0400. The maximum absolute atomic E-state index is 12.7. The lowest BCUT2D eigenvalue weighted by Gasteiger charge is -2.19. The summed E-state index contributed by atoms with van der Waals surface area (Å²) in [6.07, 6.45) is -4.51. The molecule has 1 N–H and O–H groups in total. The zero-order valence-corrected chi connectivity index (χ0v) is 14.3. The zero-order chi connectivity index (χ0) is 18.9.